The number of benzene rings is 2. The molecule has 0 heterocycles. The Balaban J connectivity index is 2.08. The van der Waals surface area contributed by atoms with Gasteiger partial charge >= 0.3 is 5.97 Å². The molecule has 20 heavy (non-hydrogen) atoms. The molecule has 104 valence electrons. The van der Waals surface area contributed by atoms with Gasteiger partial charge in [0.2, 0.25) is 0 Å². The van der Waals surface area contributed by atoms with E-state index in [-0.39, 0.29) is 5.97 Å². The maximum absolute atomic E-state index is 11.7. The number of esters is 1. The van der Waals surface area contributed by atoms with Crippen LogP contribution in [0.5, 0.6) is 5.75 Å². The Labute approximate surface area is 126 Å². The van der Waals surface area contributed by atoms with E-state index >= 15 is 0 Å². The highest BCUT2D eigenvalue weighted by atomic mass is 33.1. The van der Waals surface area contributed by atoms with Gasteiger partial charge in [0.15, 0.2) is 0 Å². The molecule has 0 saturated heterocycles. The van der Waals surface area contributed by atoms with Gasteiger partial charge in [0.25, 0.3) is 0 Å². The standard InChI is InChI=1S/C15H14O3S2/c1-17-11-7-9-12(10-8-11)19-20-14-6-4-3-5-13(14)15(16)18-2/h3-10H,1-2H3. The van der Waals surface area contributed by atoms with E-state index in [9.17, 15) is 4.79 Å². The van der Waals surface area contributed by atoms with Crippen LogP contribution in [0.4, 0.5) is 0 Å². The molecule has 0 amide bonds. The molecule has 0 fully saturated rings. The van der Waals surface area contributed by atoms with Gasteiger partial charge < -0.3 is 9.47 Å². The lowest BCUT2D eigenvalue weighted by Crippen LogP contribution is -2.02. The Morgan fingerprint density at radius 3 is 2.30 bits per heavy atom. The summed E-state index contributed by atoms with van der Waals surface area (Å²) in [5.41, 5.74) is 0.584. The van der Waals surface area contributed by atoms with Crippen molar-refractivity contribution in [1.29, 1.82) is 0 Å². The molecule has 0 aromatic heterocycles. The summed E-state index contributed by atoms with van der Waals surface area (Å²) in [6, 6.07) is 15.2. The van der Waals surface area contributed by atoms with Crippen molar-refractivity contribution in [1.82, 2.24) is 0 Å². The van der Waals surface area contributed by atoms with Gasteiger partial charge in [-0.25, -0.2) is 4.79 Å². The molecule has 0 bridgehead atoms. The molecule has 0 aliphatic carbocycles. The van der Waals surface area contributed by atoms with E-state index in [4.69, 9.17) is 9.47 Å². The van der Waals surface area contributed by atoms with Crippen LogP contribution in [0, 0.1) is 0 Å². The van der Waals surface area contributed by atoms with Crippen molar-refractivity contribution in [3.63, 3.8) is 0 Å². The lowest BCUT2D eigenvalue weighted by atomic mass is 10.2. The first-order chi connectivity index (χ1) is 9.74. The fraction of sp³-hybridized carbons (Fsp3) is 0.133. The summed E-state index contributed by atoms with van der Waals surface area (Å²) in [4.78, 5) is 13.6. The van der Waals surface area contributed by atoms with Crippen molar-refractivity contribution in [3.05, 3.63) is 54.1 Å². The van der Waals surface area contributed by atoms with Gasteiger partial charge in [-0.15, -0.1) is 0 Å². The molecule has 2 rings (SSSR count). The van der Waals surface area contributed by atoms with E-state index in [2.05, 4.69) is 0 Å². The first-order valence-electron chi connectivity index (χ1n) is 5.90. The lowest BCUT2D eigenvalue weighted by Gasteiger charge is -2.07. The number of hydrogen-bond donors (Lipinski definition) is 0. The van der Waals surface area contributed by atoms with Crippen molar-refractivity contribution >= 4 is 27.6 Å². The van der Waals surface area contributed by atoms with Gasteiger partial charge in [-0.3, -0.25) is 0 Å². The van der Waals surface area contributed by atoms with E-state index in [0.717, 1.165) is 15.5 Å². The number of ether oxygens (including phenoxy) is 2. The van der Waals surface area contributed by atoms with Gasteiger partial charge in [-0.2, -0.15) is 0 Å². The second-order valence-corrected chi connectivity index (χ2v) is 6.07. The van der Waals surface area contributed by atoms with Gasteiger partial charge in [0.05, 0.1) is 19.8 Å². The molecule has 2 aromatic carbocycles. The maximum atomic E-state index is 11.7. The predicted octanol–water partition coefficient (Wildman–Crippen LogP) is 4.28. The average Bonchev–Trinajstić information content (AvgIpc) is 2.53. The van der Waals surface area contributed by atoms with Crippen LogP contribution < -0.4 is 4.74 Å². The first-order valence-corrected chi connectivity index (χ1v) is 8.05. The third kappa shape index (κ3) is 3.71. The number of carbonyl (C=O) groups is 1. The Hall–Kier alpha value is -1.59. The van der Waals surface area contributed by atoms with Crippen molar-refractivity contribution in [3.8, 4) is 5.75 Å². The summed E-state index contributed by atoms with van der Waals surface area (Å²) in [6.45, 7) is 0. The molecule has 0 saturated carbocycles. The maximum Gasteiger partial charge on any atom is 0.339 e. The second kappa shape index (κ2) is 7.26. The fourth-order valence-electron chi connectivity index (χ4n) is 1.54. The zero-order valence-electron chi connectivity index (χ0n) is 11.2. The van der Waals surface area contributed by atoms with Crippen LogP contribution in [-0.2, 0) is 4.74 Å². The molecule has 0 aliphatic rings. The molecule has 2 aromatic rings. The summed E-state index contributed by atoms with van der Waals surface area (Å²) in [5.74, 6) is 0.512. The average molecular weight is 306 g/mol. The van der Waals surface area contributed by atoms with E-state index in [1.807, 2.05) is 42.5 Å². The Morgan fingerprint density at radius 1 is 0.950 bits per heavy atom. The quantitative estimate of drug-likeness (QED) is 0.608. The normalized spacial score (nSPS) is 10.1. The predicted molar refractivity (Wildman–Crippen MR) is 82.5 cm³/mol. The number of rotatable bonds is 5. The first kappa shape index (κ1) is 14.8. The number of carbonyl (C=O) groups excluding carboxylic acids is 1. The highest BCUT2D eigenvalue weighted by molar-refractivity contribution is 8.76. The Bertz CT molecular complexity index is 582. The van der Waals surface area contributed by atoms with Crippen LogP contribution in [0.2, 0.25) is 0 Å². The summed E-state index contributed by atoms with van der Waals surface area (Å²) < 4.78 is 9.90. The molecule has 3 nitrogen and oxygen atoms in total. The minimum Gasteiger partial charge on any atom is -0.497 e. The molecular weight excluding hydrogens is 292 g/mol. The van der Waals surface area contributed by atoms with Gasteiger partial charge in [-0.05, 0) is 36.4 Å². The van der Waals surface area contributed by atoms with Crippen LogP contribution in [0.1, 0.15) is 10.4 Å². The molecule has 0 N–H and O–H groups in total. The topological polar surface area (TPSA) is 35.5 Å². The molecule has 0 unspecified atom stereocenters. The zero-order chi connectivity index (χ0) is 14.4. The molecule has 0 radical (unpaired) electrons. The highest BCUT2D eigenvalue weighted by Gasteiger charge is 2.11. The third-order valence-corrected chi connectivity index (χ3v) is 5.03. The minimum absolute atomic E-state index is 0.316. The minimum atomic E-state index is -0.316. The fourth-order valence-corrected chi connectivity index (χ4v) is 3.68. The van der Waals surface area contributed by atoms with E-state index in [1.165, 1.54) is 17.9 Å². The largest absolute Gasteiger partial charge is 0.497 e. The molecular formula is C15H14O3S2. The monoisotopic (exact) mass is 306 g/mol. The van der Waals surface area contributed by atoms with Crippen molar-refractivity contribution in [2.45, 2.75) is 9.79 Å². The zero-order valence-corrected chi connectivity index (χ0v) is 12.8. The van der Waals surface area contributed by atoms with Crippen molar-refractivity contribution < 1.29 is 14.3 Å². The van der Waals surface area contributed by atoms with Crippen LogP contribution in [0.15, 0.2) is 58.3 Å². The van der Waals surface area contributed by atoms with Crippen LogP contribution in [0.3, 0.4) is 0 Å². The molecule has 5 heteroatoms. The van der Waals surface area contributed by atoms with E-state index in [0.29, 0.717) is 5.56 Å². The summed E-state index contributed by atoms with van der Waals surface area (Å²) in [5, 5.41) is 0. The van der Waals surface area contributed by atoms with Crippen LogP contribution in [0.25, 0.3) is 0 Å². The van der Waals surface area contributed by atoms with Gasteiger partial charge in [0, 0.05) is 9.79 Å². The molecule has 0 aliphatic heterocycles. The Morgan fingerprint density at radius 2 is 1.65 bits per heavy atom. The van der Waals surface area contributed by atoms with Crippen molar-refractivity contribution in [2.75, 3.05) is 14.2 Å². The molecule has 0 atom stereocenters. The second-order valence-electron chi connectivity index (χ2n) is 3.83. The summed E-state index contributed by atoms with van der Waals surface area (Å²) >= 11 is 0. The van der Waals surface area contributed by atoms with Crippen molar-refractivity contribution in [2.24, 2.45) is 0 Å². The lowest BCUT2D eigenvalue weighted by molar-refractivity contribution is 0.0597. The number of hydrogen-bond acceptors (Lipinski definition) is 5. The Kier molecular flexibility index (Phi) is 5.38. The van der Waals surface area contributed by atoms with Crippen LogP contribution >= 0.6 is 21.6 Å². The molecule has 0 spiro atoms. The summed E-state index contributed by atoms with van der Waals surface area (Å²) in [7, 11) is 6.15. The smallest absolute Gasteiger partial charge is 0.339 e. The van der Waals surface area contributed by atoms with E-state index < -0.39 is 0 Å². The summed E-state index contributed by atoms with van der Waals surface area (Å²) in [6.07, 6.45) is 0. The van der Waals surface area contributed by atoms with Crippen LogP contribution in [-0.4, -0.2) is 20.2 Å². The van der Waals surface area contributed by atoms with Gasteiger partial charge in [0.1, 0.15) is 5.75 Å². The SMILES string of the molecule is COC(=O)c1ccccc1SSc1ccc(OC)cc1. The number of methoxy groups -OCH3 is 2. The highest BCUT2D eigenvalue weighted by Crippen LogP contribution is 2.39. The third-order valence-electron chi connectivity index (χ3n) is 2.58. The van der Waals surface area contributed by atoms with E-state index in [1.54, 1.807) is 24.0 Å². The van der Waals surface area contributed by atoms with Gasteiger partial charge in [-0.1, -0.05) is 33.7 Å².